The molecule has 2 unspecified atom stereocenters. The van der Waals surface area contributed by atoms with Crippen LogP contribution in [0.1, 0.15) is 41.9 Å². The molecule has 2 rings (SSSR count). The lowest BCUT2D eigenvalue weighted by molar-refractivity contribution is 0.0849. The topological polar surface area (TPSA) is 67.2 Å². The summed E-state index contributed by atoms with van der Waals surface area (Å²) < 4.78 is 1.72. The third-order valence-corrected chi connectivity index (χ3v) is 4.43. The molecule has 0 spiro atoms. The molecule has 0 aliphatic carbocycles. The highest BCUT2D eigenvalue weighted by atomic mass is 35.5. The van der Waals surface area contributed by atoms with Crippen molar-refractivity contribution >= 4 is 17.5 Å². The van der Waals surface area contributed by atoms with E-state index in [2.05, 4.69) is 10.4 Å². The Morgan fingerprint density at radius 3 is 2.88 bits per heavy atom. The number of aliphatic hydroxyl groups is 1. The van der Waals surface area contributed by atoms with Crippen molar-refractivity contribution in [3.8, 4) is 0 Å². The highest BCUT2D eigenvalue weighted by Crippen LogP contribution is 2.13. The predicted octanol–water partition coefficient (Wildman–Crippen LogP) is 3.03. The second-order valence-electron chi connectivity index (χ2n) is 6.12. The molecule has 2 atom stereocenters. The van der Waals surface area contributed by atoms with E-state index in [0.29, 0.717) is 22.8 Å². The van der Waals surface area contributed by atoms with Gasteiger partial charge in [0.05, 0.1) is 23.9 Å². The van der Waals surface area contributed by atoms with E-state index in [4.69, 9.17) is 11.6 Å². The van der Waals surface area contributed by atoms with Crippen molar-refractivity contribution in [3.05, 3.63) is 52.3 Å². The molecule has 1 amide bonds. The number of benzene rings is 1. The van der Waals surface area contributed by atoms with E-state index in [1.54, 1.807) is 17.8 Å². The van der Waals surface area contributed by atoms with Crippen molar-refractivity contribution in [2.45, 2.75) is 39.8 Å². The van der Waals surface area contributed by atoms with Gasteiger partial charge >= 0.3 is 0 Å². The third-order valence-electron chi connectivity index (χ3n) is 4.20. The fraction of sp³-hybridized carbons (Fsp3) is 0.444. The predicted molar refractivity (Wildman–Crippen MR) is 95.3 cm³/mol. The Hall–Kier alpha value is -1.85. The number of aliphatic hydroxyl groups excluding tert-OH is 1. The number of aryl methyl sites for hydroxylation is 1. The molecule has 0 fully saturated rings. The molecule has 0 bridgehead atoms. The maximum absolute atomic E-state index is 12.3. The molecule has 1 aromatic heterocycles. The molecule has 130 valence electrons. The lowest BCUT2D eigenvalue weighted by Gasteiger charge is -2.17. The number of rotatable bonds is 7. The number of halogens is 1. The van der Waals surface area contributed by atoms with E-state index in [1.165, 1.54) is 0 Å². The van der Waals surface area contributed by atoms with E-state index < -0.39 is 6.10 Å². The summed E-state index contributed by atoms with van der Waals surface area (Å²) in [5.74, 6) is -0.0656. The van der Waals surface area contributed by atoms with Crippen molar-refractivity contribution in [1.82, 2.24) is 15.1 Å². The Balaban J connectivity index is 2.01. The number of hydrogen-bond donors (Lipinski definition) is 2. The van der Waals surface area contributed by atoms with Gasteiger partial charge in [0.2, 0.25) is 0 Å². The zero-order valence-electron chi connectivity index (χ0n) is 14.3. The Labute approximate surface area is 147 Å². The summed E-state index contributed by atoms with van der Waals surface area (Å²) >= 11 is 5.99. The number of nitrogens with zero attached hydrogens (tertiary/aromatic N) is 2. The summed E-state index contributed by atoms with van der Waals surface area (Å²) in [6.07, 6.45) is 2.05. The molecular formula is C18H24ClN3O2. The Morgan fingerprint density at radius 1 is 1.46 bits per heavy atom. The summed E-state index contributed by atoms with van der Waals surface area (Å²) in [6.45, 7) is 6.57. The fourth-order valence-electron chi connectivity index (χ4n) is 2.41. The minimum atomic E-state index is -0.541. The average Bonchev–Trinajstić information content (AvgIpc) is 2.91. The van der Waals surface area contributed by atoms with Crippen LogP contribution in [0.15, 0.2) is 30.5 Å². The maximum Gasteiger partial charge on any atom is 0.254 e. The summed E-state index contributed by atoms with van der Waals surface area (Å²) in [5.41, 5.74) is 2.20. The van der Waals surface area contributed by atoms with Gasteiger partial charge in [0.1, 0.15) is 0 Å². The Kier molecular flexibility index (Phi) is 6.40. The normalized spacial score (nSPS) is 13.5. The van der Waals surface area contributed by atoms with E-state index >= 15 is 0 Å². The minimum absolute atomic E-state index is 0.150. The lowest BCUT2D eigenvalue weighted by atomic mass is 10.0. The largest absolute Gasteiger partial charge is 0.391 e. The van der Waals surface area contributed by atoms with Crippen molar-refractivity contribution in [2.24, 2.45) is 5.92 Å². The van der Waals surface area contributed by atoms with Gasteiger partial charge in [-0.05, 0) is 30.5 Å². The monoisotopic (exact) mass is 349 g/mol. The van der Waals surface area contributed by atoms with Gasteiger partial charge in [-0.15, -0.1) is 0 Å². The average molecular weight is 350 g/mol. The first-order chi connectivity index (χ1) is 11.4. The second-order valence-corrected chi connectivity index (χ2v) is 6.56. The van der Waals surface area contributed by atoms with Crippen LogP contribution in [-0.4, -0.2) is 33.4 Å². The first kappa shape index (κ1) is 18.5. The molecule has 2 aromatic rings. The van der Waals surface area contributed by atoms with E-state index in [1.807, 2.05) is 38.1 Å². The molecule has 0 saturated carbocycles. The molecular weight excluding hydrogens is 326 g/mol. The van der Waals surface area contributed by atoms with Gasteiger partial charge in [0.25, 0.3) is 5.91 Å². The fourth-order valence-corrected chi connectivity index (χ4v) is 2.62. The van der Waals surface area contributed by atoms with Crippen LogP contribution in [0.5, 0.6) is 0 Å². The van der Waals surface area contributed by atoms with Gasteiger partial charge in [-0.2, -0.15) is 5.10 Å². The van der Waals surface area contributed by atoms with Gasteiger partial charge < -0.3 is 10.4 Å². The van der Waals surface area contributed by atoms with E-state index in [9.17, 15) is 9.90 Å². The number of amides is 1. The molecule has 1 heterocycles. The van der Waals surface area contributed by atoms with E-state index in [-0.39, 0.29) is 18.4 Å². The van der Waals surface area contributed by atoms with Crippen LogP contribution in [0.2, 0.25) is 5.02 Å². The summed E-state index contributed by atoms with van der Waals surface area (Å²) in [4.78, 5) is 12.3. The van der Waals surface area contributed by atoms with Crippen LogP contribution >= 0.6 is 11.6 Å². The van der Waals surface area contributed by atoms with Crippen molar-refractivity contribution in [3.63, 3.8) is 0 Å². The Bertz CT molecular complexity index is 699. The molecule has 6 heteroatoms. The number of carbonyl (C=O) groups is 1. The highest BCUT2D eigenvalue weighted by molar-refractivity contribution is 6.30. The third kappa shape index (κ3) is 4.82. The van der Waals surface area contributed by atoms with Crippen LogP contribution < -0.4 is 5.32 Å². The maximum atomic E-state index is 12.3. The molecule has 0 aliphatic rings. The molecule has 0 radical (unpaired) electrons. The SMILES string of the molecule is CCC(C)C(O)CNC(=O)c1cn(Cc2cccc(Cl)c2)nc1C. The van der Waals surface area contributed by atoms with Crippen LogP contribution in [0.4, 0.5) is 0 Å². The number of nitrogens with one attached hydrogen (secondary N) is 1. The van der Waals surface area contributed by atoms with Crippen molar-refractivity contribution < 1.29 is 9.90 Å². The standard InChI is InChI=1S/C18H24ClN3O2/c1-4-12(2)17(23)9-20-18(24)16-11-22(21-13(16)3)10-14-6-5-7-15(19)8-14/h5-8,11-12,17,23H,4,9-10H2,1-3H3,(H,20,24). The molecule has 0 saturated heterocycles. The zero-order chi connectivity index (χ0) is 17.7. The second kappa shape index (κ2) is 8.31. The Morgan fingerprint density at radius 2 is 2.21 bits per heavy atom. The quantitative estimate of drug-likeness (QED) is 0.807. The van der Waals surface area contributed by atoms with Crippen LogP contribution in [0.25, 0.3) is 0 Å². The molecule has 2 N–H and O–H groups in total. The summed E-state index contributed by atoms with van der Waals surface area (Å²) in [6, 6.07) is 7.55. The van der Waals surface area contributed by atoms with Gasteiger partial charge in [-0.1, -0.05) is 44.0 Å². The minimum Gasteiger partial charge on any atom is -0.391 e. The zero-order valence-corrected chi connectivity index (χ0v) is 15.0. The first-order valence-electron chi connectivity index (χ1n) is 8.15. The van der Waals surface area contributed by atoms with Crippen LogP contribution in [-0.2, 0) is 6.54 Å². The van der Waals surface area contributed by atoms with Crippen LogP contribution in [0.3, 0.4) is 0 Å². The first-order valence-corrected chi connectivity index (χ1v) is 8.53. The van der Waals surface area contributed by atoms with Crippen molar-refractivity contribution in [1.29, 1.82) is 0 Å². The van der Waals surface area contributed by atoms with Gasteiger partial charge in [0.15, 0.2) is 0 Å². The van der Waals surface area contributed by atoms with Gasteiger partial charge in [-0.3, -0.25) is 9.48 Å². The van der Waals surface area contributed by atoms with Crippen molar-refractivity contribution in [2.75, 3.05) is 6.54 Å². The van der Waals surface area contributed by atoms with Gasteiger partial charge in [-0.25, -0.2) is 0 Å². The van der Waals surface area contributed by atoms with Crippen LogP contribution in [0, 0.1) is 12.8 Å². The molecule has 5 nitrogen and oxygen atoms in total. The number of aromatic nitrogens is 2. The summed E-state index contributed by atoms with van der Waals surface area (Å²) in [7, 11) is 0. The molecule has 24 heavy (non-hydrogen) atoms. The lowest BCUT2D eigenvalue weighted by Crippen LogP contribution is -2.35. The number of hydrogen-bond acceptors (Lipinski definition) is 3. The molecule has 0 aliphatic heterocycles. The smallest absolute Gasteiger partial charge is 0.254 e. The summed E-state index contributed by atoms with van der Waals surface area (Å²) in [5, 5.41) is 17.8. The van der Waals surface area contributed by atoms with Gasteiger partial charge in [0, 0.05) is 17.8 Å². The molecule has 1 aromatic carbocycles. The van der Waals surface area contributed by atoms with E-state index in [0.717, 1.165) is 12.0 Å². The number of carbonyl (C=O) groups excluding carboxylic acids is 1. The highest BCUT2D eigenvalue weighted by Gasteiger charge is 2.17.